The SMILES string of the molecule is CC1CCC(CNC(=O)c2ccccc2C#CCN)C1. The molecule has 2 rings (SSSR count). The first-order valence-corrected chi connectivity index (χ1v) is 7.27. The Morgan fingerprint density at radius 2 is 2.20 bits per heavy atom. The Bertz CT molecular complexity index is 527. The summed E-state index contributed by atoms with van der Waals surface area (Å²) < 4.78 is 0. The fourth-order valence-corrected chi connectivity index (χ4v) is 2.78. The molecule has 0 aromatic heterocycles. The molecule has 0 spiro atoms. The molecule has 3 nitrogen and oxygen atoms in total. The number of nitrogens with one attached hydrogen (secondary N) is 1. The van der Waals surface area contributed by atoms with Crippen LogP contribution in [0.15, 0.2) is 24.3 Å². The minimum absolute atomic E-state index is 0.0357. The van der Waals surface area contributed by atoms with E-state index in [9.17, 15) is 4.79 Å². The third-order valence-electron chi connectivity index (χ3n) is 3.85. The molecule has 0 aliphatic heterocycles. The topological polar surface area (TPSA) is 55.1 Å². The first-order chi connectivity index (χ1) is 9.70. The van der Waals surface area contributed by atoms with Gasteiger partial charge in [0.15, 0.2) is 0 Å². The van der Waals surface area contributed by atoms with Gasteiger partial charge in [0.2, 0.25) is 0 Å². The highest BCUT2D eigenvalue weighted by atomic mass is 16.1. The van der Waals surface area contributed by atoms with Crippen LogP contribution in [0.2, 0.25) is 0 Å². The molecule has 20 heavy (non-hydrogen) atoms. The van der Waals surface area contributed by atoms with Gasteiger partial charge in [0.25, 0.3) is 5.91 Å². The van der Waals surface area contributed by atoms with Gasteiger partial charge in [-0.2, -0.15) is 0 Å². The molecule has 106 valence electrons. The van der Waals surface area contributed by atoms with Crippen molar-refractivity contribution >= 4 is 5.91 Å². The Hall–Kier alpha value is -1.79. The molecule has 1 aromatic rings. The van der Waals surface area contributed by atoms with E-state index in [2.05, 4.69) is 24.1 Å². The molecule has 1 aliphatic rings. The first-order valence-electron chi connectivity index (χ1n) is 7.27. The highest BCUT2D eigenvalue weighted by molar-refractivity contribution is 5.96. The number of nitrogens with two attached hydrogens (primary N) is 1. The van der Waals surface area contributed by atoms with Crippen LogP contribution >= 0.6 is 0 Å². The summed E-state index contributed by atoms with van der Waals surface area (Å²) in [7, 11) is 0. The van der Waals surface area contributed by atoms with Gasteiger partial charge in [-0.15, -0.1) is 0 Å². The van der Waals surface area contributed by atoms with Gasteiger partial charge >= 0.3 is 0 Å². The summed E-state index contributed by atoms with van der Waals surface area (Å²) in [5, 5.41) is 3.04. The molecule has 0 radical (unpaired) electrons. The number of carbonyl (C=O) groups excluding carboxylic acids is 1. The van der Waals surface area contributed by atoms with Crippen molar-refractivity contribution in [3.05, 3.63) is 35.4 Å². The molecule has 1 amide bonds. The number of hydrogen-bond donors (Lipinski definition) is 2. The van der Waals surface area contributed by atoms with E-state index in [-0.39, 0.29) is 5.91 Å². The molecule has 0 saturated heterocycles. The maximum absolute atomic E-state index is 12.3. The van der Waals surface area contributed by atoms with Crippen molar-refractivity contribution in [3.63, 3.8) is 0 Å². The van der Waals surface area contributed by atoms with Crippen LogP contribution in [-0.2, 0) is 0 Å². The molecule has 1 aromatic carbocycles. The van der Waals surface area contributed by atoms with E-state index in [4.69, 9.17) is 5.73 Å². The minimum Gasteiger partial charge on any atom is -0.352 e. The standard InChI is InChI=1S/C17H22N2O/c1-13-8-9-14(11-13)12-19-17(20)16-7-3-2-5-15(16)6-4-10-18/h2-3,5,7,13-14H,8-12,18H2,1H3,(H,19,20). The van der Waals surface area contributed by atoms with E-state index in [0.29, 0.717) is 18.0 Å². The van der Waals surface area contributed by atoms with Crippen LogP contribution < -0.4 is 11.1 Å². The number of rotatable bonds is 3. The fraction of sp³-hybridized carbons (Fsp3) is 0.471. The van der Waals surface area contributed by atoms with Crippen molar-refractivity contribution in [3.8, 4) is 11.8 Å². The predicted molar refractivity (Wildman–Crippen MR) is 81.2 cm³/mol. The van der Waals surface area contributed by atoms with Crippen LogP contribution in [0.5, 0.6) is 0 Å². The van der Waals surface area contributed by atoms with Crippen LogP contribution in [-0.4, -0.2) is 19.0 Å². The molecule has 1 aliphatic carbocycles. The maximum Gasteiger partial charge on any atom is 0.252 e. The van der Waals surface area contributed by atoms with E-state index in [1.54, 1.807) is 0 Å². The quantitative estimate of drug-likeness (QED) is 0.827. The Labute approximate surface area is 120 Å². The molecular formula is C17H22N2O. The molecular weight excluding hydrogens is 248 g/mol. The monoisotopic (exact) mass is 270 g/mol. The van der Waals surface area contributed by atoms with Gasteiger partial charge in [-0.3, -0.25) is 4.79 Å². The number of hydrogen-bond acceptors (Lipinski definition) is 2. The van der Waals surface area contributed by atoms with Crippen molar-refractivity contribution in [1.82, 2.24) is 5.32 Å². The normalized spacial score (nSPS) is 21.1. The number of amides is 1. The van der Waals surface area contributed by atoms with Gasteiger partial charge in [0.1, 0.15) is 0 Å². The lowest BCUT2D eigenvalue weighted by Crippen LogP contribution is -2.29. The van der Waals surface area contributed by atoms with Crippen molar-refractivity contribution in [2.24, 2.45) is 17.6 Å². The molecule has 0 heterocycles. The molecule has 2 unspecified atom stereocenters. The number of benzene rings is 1. The van der Waals surface area contributed by atoms with Gasteiger partial charge in [-0.1, -0.05) is 37.3 Å². The zero-order valence-corrected chi connectivity index (χ0v) is 12.0. The highest BCUT2D eigenvalue weighted by Gasteiger charge is 2.22. The second-order valence-electron chi connectivity index (χ2n) is 5.55. The summed E-state index contributed by atoms with van der Waals surface area (Å²) in [4.78, 5) is 12.3. The minimum atomic E-state index is -0.0357. The van der Waals surface area contributed by atoms with Crippen molar-refractivity contribution in [1.29, 1.82) is 0 Å². The van der Waals surface area contributed by atoms with E-state index in [1.165, 1.54) is 19.3 Å². The van der Waals surface area contributed by atoms with Gasteiger partial charge in [-0.05, 0) is 36.8 Å². The van der Waals surface area contributed by atoms with E-state index < -0.39 is 0 Å². The predicted octanol–water partition coefficient (Wildman–Crippen LogP) is 2.16. The van der Waals surface area contributed by atoms with Gasteiger partial charge < -0.3 is 11.1 Å². The Kier molecular flexibility index (Phi) is 5.20. The van der Waals surface area contributed by atoms with Crippen LogP contribution in [0.25, 0.3) is 0 Å². The summed E-state index contributed by atoms with van der Waals surface area (Å²) in [6.45, 7) is 3.34. The Morgan fingerprint density at radius 3 is 2.90 bits per heavy atom. The zero-order chi connectivity index (χ0) is 14.4. The summed E-state index contributed by atoms with van der Waals surface area (Å²) in [6.07, 6.45) is 3.71. The first kappa shape index (κ1) is 14.6. The lowest BCUT2D eigenvalue weighted by Gasteiger charge is -2.12. The van der Waals surface area contributed by atoms with Gasteiger partial charge in [0, 0.05) is 12.1 Å². The molecule has 2 atom stereocenters. The molecule has 0 bridgehead atoms. The second kappa shape index (κ2) is 7.12. The third-order valence-corrected chi connectivity index (χ3v) is 3.85. The zero-order valence-electron chi connectivity index (χ0n) is 12.0. The highest BCUT2D eigenvalue weighted by Crippen LogP contribution is 2.29. The van der Waals surface area contributed by atoms with Crippen molar-refractivity contribution in [2.75, 3.05) is 13.1 Å². The molecule has 1 fully saturated rings. The maximum atomic E-state index is 12.3. The summed E-state index contributed by atoms with van der Waals surface area (Å²) in [5.74, 6) is 7.13. The molecule has 3 N–H and O–H groups in total. The van der Waals surface area contributed by atoms with Gasteiger partial charge in [0.05, 0.1) is 12.1 Å². The average molecular weight is 270 g/mol. The third kappa shape index (κ3) is 3.85. The Balaban J connectivity index is 1.98. The summed E-state index contributed by atoms with van der Waals surface area (Å²) in [6, 6.07) is 7.42. The fourth-order valence-electron chi connectivity index (χ4n) is 2.78. The van der Waals surface area contributed by atoms with Crippen molar-refractivity contribution in [2.45, 2.75) is 26.2 Å². The van der Waals surface area contributed by atoms with Gasteiger partial charge in [-0.25, -0.2) is 0 Å². The second-order valence-corrected chi connectivity index (χ2v) is 5.55. The average Bonchev–Trinajstić information content (AvgIpc) is 2.88. The lowest BCUT2D eigenvalue weighted by atomic mass is 10.0. The Morgan fingerprint density at radius 1 is 1.40 bits per heavy atom. The summed E-state index contributed by atoms with van der Waals surface area (Å²) >= 11 is 0. The van der Waals surface area contributed by atoms with E-state index in [0.717, 1.165) is 18.0 Å². The van der Waals surface area contributed by atoms with Crippen LogP contribution in [0, 0.1) is 23.7 Å². The van der Waals surface area contributed by atoms with Crippen molar-refractivity contribution < 1.29 is 4.79 Å². The van der Waals surface area contributed by atoms with E-state index >= 15 is 0 Å². The smallest absolute Gasteiger partial charge is 0.252 e. The molecule has 1 saturated carbocycles. The van der Waals surface area contributed by atoms with E-state index in [1.807, 2.05) is 24.3 Å². The van der Waals surface area contributed by atoms with Crippen LogP contribution in [0.3, 0.4) is 0 Å². The summed E-state index contributed by atoms with van der Waals surface area (Å²) in [5.41, 5.74) is 6.77. The molecule has 3 heteroatoms. The largest absolute Gasteiger partial charge is 0.352 e. The number of carbonyl (C=O) groups is 1. The van der Waals surface area contributed by atoms with Crippen LogP contribution in [0.4, 0.5) is 0 Å². The lowest BCUT2D eigenvalue weighted by molar-refractivity contribution is 0.0947. The van der Waals surface area contributed by atoms with Crippen LogP contribution in [0.1, 0.15) is 42.1 Å².